The number of fused-ring (bicyclic) bond motifs is 1. The van der Waals surface area contributed by atoms with E-state index in [1.807, 2.05) is 4.90 Å². The first kappa shape index (κ1) is 12.7. The number of hydrogen-bond acceptors (Lipinski definition) is 2. The second kappa shape index (κ2) is 5.33. The van der Waals surface area contributed by atoms with E-state index in [4.69, 9.17) is 5.73 Å². The van der Waals surface area contributed by atoms with Gasteiger partial charge in [-0.25, -0.2) is 0 Å². The molecule has 1 aromatic carbocycles. The molecule has 0 bridgehead atoms. The first-order valence-electron chi connectivity index (χ1n) is 7.35. The lowest BCUT2D eigenvalue weighted by molar-refractivity contribution is -0.137. The number of nitrogens with zero attached hydrogens (tertiary/aromatic N) is 1. The lowest BCUT2D eigenvalue weighted by Crippen LogP contribution is -2.41. The average Bonchev–Trinajstić information content (AvgIpc) is 2.94. The predicted octanol–water partition coefficient (Wildman–Crippen LogP) is 1.95. The molecular formula is C16H22N2O. The zero-order valence-electron chi connectivity index (χ0n) is 11.3. The molecule has 1 aliphatic carbocycles. The minimum atomic E-state index is 0.176. The second-order valence-corrected chi connectivity index (χ2v) is 5.81. The van der Waals surface area contributed by atoms with Gasteiger partial charge in [0.05, 0.1) is 0 Å². The Labute approximate surface area is 114 Å². The molecule has 1 amide bonds. The van der Waals surface area contributed by atoms with Gasteiger partial charge in [-0.05, 0) is 42.9 Å². The van der Waals surface area contributed by atoms with Crippen LogP contribution in [0.3, 0.4) is 0 Å². The van der Waals surface area contributed by atoms with Gasteiger partial charge in [0.1, 0.15) is 0 Å². The molecule has 102 valence electrons. The maximum Gasteiger partial charge on any atom is 0.226 e. The third kappa shape index (κ3) is 2.39. The minimum absolute atomic E-state index is 0.176. The number of rotatable bonds is 2. The molecule has 0 saturated heterocycles. The van der Waals surface area contributed by atoms with Crippen LogP contribution in [0, 0.1) is 11.8 Å². The number of carbonyl (C=O) groups is 1. The highest BCUT2D eigenvalue weighted by Crippen LogP contribution is 2.33. The van der Waals surface area contributed by atoms with Crippen LogP contribution in [0.2, 0.25) is 0 Å². The standard InChI is InChI=1S/C16H22N2O/c17-10-13-6-3-7-15(13)16(19)18-9-8-12-4-1-2-5-14(12)11-18/h1-2,4-5,13,15H,3,6-11,17H2/t13-,15-/m1/s1. The summed E-state index contributed by atoms with van der Waals surface area (Å²) in [4.78, 5) is 14.7. The van der Waals surface area contributed by atoms with Crippen LogP contribution >= 0.6 is 0 Å². The maximum atomic E-state index is 12.6. The van der Waals surface area contributed by atoms with Crippen LogP contribution in [0.4, 0.5) is 0 Å². The van der Waals surface area contributed by atoms with Crippen molar-refractivity contribution in [2.45, 2.75) is 32.2 Å². The smallest absolute Gasteiger partial charge is 0.226 e. The highest BCUT2D eigenvalue weighted by molar-refractivity contribution is 5.79. The summed E-state index contributed by atoms with van der Waals surface area (Å²) >= 11 is 0. The summed E-state index contributed by atoms with van der Waals surface area (Å²) in [6, 6.07) is 8.46. The minimum Gasteiger partial charge on any atom is -0.338 e. The molecule has 1 saturated carbocycles. The van der Waals surface area contributed by atoms with E-state index >= 15 is 0 Å². The molecule has 1 fully saturated rings. The Kier molecular flexibility index (Phi) is 3.56. The molecule has 19 heavy (non-hydrogen) atoms. The van der Waals surface area contributed by atoms with Gasteiger partial charge in [-0.15, -0.1) is 0 Å². The summed E-state index contributed by atoms with van der Waals surface area (Å²) < 4.78 is 0. The Morgan fingerprint density at radius 2 is 2.05 bits per heavy atom. The largest absolute Gasteiger partial charge is 0.338 e. The number of benzene rings is 1. The van der Waals surface area contributed by atoms with Gasteiger partial charge >= 0.3 is 0 Å². The summed E-state index contributed by atoms with van der Waals surface area (Å²) in [5.41, 5.74) is 8.50. The van der Waals surface area contributed by atoms with E-state index < -0.39 is 0 Å². The molecule has 3 heteroatoms. The third-order valence-electron chi connectivity index (χ3n) is 4.72. The van der Waals surface area contributed by atoms with Crippen LogP contribution in [0.25, 0.3) is 0 Å². The zero-order valence-corrected chi connectivity index (χ0v) is 11.3. The molecule has 2 atom stereocenters. The predicted molar refractivity (Wildman–Crippen MR) is 75.4 cm³/mol. The monoisotopic (exact) mass is 258 g/mol. The van der Waals surface area contributed by atoms with Gasteiger partial charge in [-0.3, -0.25) is 4.79 Å². The van der Waals surface area contributed by atoms with Gasteiger partial charge in [0.2, 0.25) is 5.91 Å². The molecule has 3 rings (SSSR count). The highest BCUT2D eigenvalue weighted by atomic mass is 16.2. The van der Waals surface area contributed by atoms with E-state index in [0.29, 0.717) is 18.4 Å². The van der Waals surface area contributed by atoms with Crippen molar-refractivity contribution in [1.82, 2.24) is 4.90 Å². The van der Waals surface area contributed by atoms with E-state index in [1.165, 1.54) is 11.1 Å². The molecule has 3 nitrogen and oxygen atoms in total. The van der Waals surface area contributed by atoms with Gasteiger partial charge in [0, 0.05) is 19.0 Å². The molecule has 1 aliphatic heterocycles. The van der Waals surface area contributed by atoms with E-state index in [2.05, 4.69) is 24.3 Å². The fourth-order valence-corrected chi connectivity index (χ4v) is 3.56. The van der Waals surface area contributed by atoms with E-state index in [9.17, 15) is 4.79 Å². The Balaban J connectivity index is 1.72. The fourth-order valence-electron chi connectivity index (χ4n) is 3.56. The topological polar surface area (TPSA) is 46.3 Å². The molecular weight excluding hydrogens is 236 g/mol. The van der Waals surface area contributed by atoms with Crippen LogP contribution in [0.15, 0.2) is 24.3 Å². The molecule has 1 aromatic rings. The van der Waals surface area contributed by atoms with Crippen LogP contribution < -0.4 is 5.73 Å². The van der Waals surface area contributed by atoms with Crippen molar-refractivity contribution in [3.05, 3.63) is 35.4 Å². The summed E-state index contributed by atoms with van der Waals surface area (Å²) in [6.45, 7) is 2.30. The van der Waals surface area contributed by atoms with Gasteiger partial charge < -0.3 is 10.6 Å². The van der Waals surface area contributed by atoms with Crippen LogP contribution in [0.1, 0.15) is 30.4 Å². The van der Waals surface area contributed by atoms with Gasteiger partial charge in [0.25, 0.3) is 0 Å². The van der Waals surface area contributed by atoms with E-state index in [0.717, 1.165) is 38.8 Å². The molecule has 0 unspecified atom stereocenters. The van der Waals surface area contributed by atoms with Crippen LogP contribution in [0.5, 0.6) is 0 Å². The first-order chi connectivity index (χ1) is 9.29. The first-order valence-corrected chi connectivity index (χ1v) is 7.35. The number of carbonyl (C=O) groups excluding carboxylic acids is 1. The van der Waals surface area contributed by atoms with E-state index in [1.54, 1.807) is 0 Å². The highest BCUT2D eigenvalue weighted by Gasteiger charge is 2.35. The summed E-state index contributed by atoms with van der Waals surface area (Å²) in [6.07, 6.45) is 4.29. The Bertz CT molecular complexity index is 472. The van der Waals surface area contributed by atoms with Crippen molar-refractivity contribution in [2.75, 3.05) is 13.1 Å². The van der Waals surface area contributed by atoms with Gasteiger partial charge in [0.15, 0.2) is 0 Å². The SMILES string of the molecule is NC[C@H]1CCC[C@H]1C(=O)N1CCc2ccccc2C1. The number of hydrogen-bond donors (Lipinski definition) is 1. The average molecular weight is 258 g/mol. The quantitative estimate of drug-likeness (QED) is 0.881. The summed E-state index contributed by atoms with van der Waals surface area (Å²) in [7, 11) is 0. The van der Waals surface area contributed by atoms with Crippen molar-refractivity contribution in [3.8, 4) is 0 Å². The lowest BCUT2D eigenvalue weighted by atomic mass is 9.92. The van der Waals surface area contributed by atoms with Gasteiger partial charge in [-0.2, -0.15) is 0 Å². The summed E-state index contributed by atoms with van der Waals surface area (Å²) in [5.74, 6) is 0.919. The maximum absolute atomic E-state index is 12.6. The molecule has 2 N–H and O–H groups in total. The zero-order chi connectivity index (χ0) is 13.2. The Morgan fingerprint density at radius 1 is 1.26 bits per heavy atom. The van der Waals surface area contributed by atoms with Crippen molar-refractivity contribution >= 4 is 5.91 Å². The Morgan fingerprint density at radius 3 is 2.84 bits per heavy atom. The molecule has 2 aliphatic rings. The third-order valence-corrected chi connectivity index (χ3v) is 4.72. The Hall–Kier alpha value is -1.35. The van der Waals surface area contributed by atoms with E-state index in [-0.39, 0.29) is 5.92 Å². The molecule has 1 heterocycles. The number of amides is 1. The second-order valence-electron chi connectivity index (χ2n) is 5.81. The van der Waals surface area contributed by atoms with Crippen molar-refractivity contribution in [3.63, 3.8) is 0 Å². The number of nitrogens with two attached hydrogens (primary N) is 1. The fraction of sp³-hybridized carbons (Fsp3) is 0.562. The van der Waals surface area contributed by atoms with Crippen molar-refractivity contribution in [2.24, 2.45) is 17.6 Å². The van der Waals surface area contributed by atoms with Crippen LogP contribution in [-0.2, 0) is 17.8 Å². The van der Waals surface area contributed by atoms with Crippen molar-refractivity contribution in [1.29, 1.82) is 0 Å². The van der Waals surface area contributed by atoms with Gasteiger partial charge in [-0.1, -0.05) is 30.7 Å². The normalized spacial score (nSPS) is 26.3. The lowest BCUT2D eigenvalue weighted by Gasteiger charge is -2.32. The molecule has 0 spiro atoms. The molecule has 0 aromatic heterocycles. The van der Waals surface area contributed by atoms with Crippen LogP contribution in [-0.4, -0.2) is 23.9 Å². The molecule has 0 radical (unpaired) electrons. The summed E-state index contributed by atoms with van der Waals surface area (Å²) in [5, 5.41) is 0. The van der Waals surface area contributed by atoms with Crippen molar-refractivity contribution < 1.29 is 4.79 Å².